The maximum atomic E-state index is 5.63. The molecule has 2 rings (SSSR count). The SMILES string of the molecule is CCCOc1ccc(CN2CCC(CNCC)CC2)cc1. The Balaban J connectivity index is 1.73. The van der Waals surface area contributed by atoms with Crippen molar-refractivity contribution in [2.45, 2.75) is 39.7 Å². The van der Waals surface area contributed by atoms with Gasteiger partial charge in [-0.05, 0) is 69.1 Å². The van der Waals surface area contributed by atoms with Crippen LogP contribution in [0.2, 0.25) is 0 Å². The summed E-state index contributed by atoms with van der Waals surface area (Å²) in [4.78, 5) is 2.57. The molecule has 0 aliphatic carbocycles. The summed E-state index contributed by atoms with van der Waals surface area (Å²) < 4.78 is 5.63. The van der Waals surface area contributed by atoms with Crippen molar-refractivity contribution >= 4 is 0 Å². The highest BCUT2D eigenvalue weighted by molar-refractivity contribution is 5.27. The molecule has 0 spiro atoms. The first-order chi connectivity index (χ1) is 10.3. The quantitative estimate of drug-likeness (QED) is 0.795. The van der Waals surface area contributed by atoms with E-state index in [9.17, 15) is 0 Å². The van der Waals surface area contributed by atoms with Gasteiger partial charge in [-0.1, -0.05) is 26.0 Å². The second-order valence-electron chi connectivity index (χ2n) is 6.02. The lowest BCUT2D eigenvalue weighted by Crippen LogP contribution is -2.36. The highest BCUT2D eigenvalue weighted by Gasteiger charge is 2.18. The van der Waals surface area contributed by atoms with E-state index >= 15 is 0 Å². The van der Waals surface area contributed by atoms with Gasteiger partial charge < -0.3 is 10.1 Å². The molecule has 0 unspecified atom stereocenters. The van der Waals surface area contributed by atoms with Crippen LogP contribution >= 0.6 is 0 Å². The van der Waals surface area contributed by atoms with Gasteiger partial charge in [0, 0.05) is 6.54 Å². The van der Waals surface area contributed by atoms with Crippen molar-refractivity contribution in [3.63, 3.8) is 0 Å². The minimum atomic E-state index is 0.804. The number of hydrogen-bond acceptors (Lipinski definition) is 3. The highest BCUT2D eigenvalue weighted by Crippen LogP contribution is 2.19. The Labute approximate surface area is 129 Å². The van der Waals surface area contributed by atoms with Gasteiger partial charge in [0.1, 0.15) is 5.75 Å². The monoisotopic (exact) mass is 290 g/mol. The molecule has 0 saturated carbocycles. The van der Waals surface area contributed by atoms with Crippen LogP contribution in [-0.2, 0) is 6.54 Å². The lowest BCUT2D eigenvalue weighted by molar-refractivity contribution is 0.176. The fraction of sp³-hybridized carbons (Fsp3) is 0.667. The summed E-state index contributed by atoms with van der Waals surface area (Å²) >= 11 is 0. The maximum absolute atomic E-state index is 5.63. The third-order valence-electron chi connectivity index (χ3n) is 4.19. The van der Waals surface area contributed by atoms with Crippen molar-refractivity contribution < 1.29 is 4.74 Å². The van der Waals surface area contributed by atoms with E-state index in [1.54, 1.807) is 0 Å². The van der Waals surface area contributed by atoms with Gasteiger partial charge in [0.15, 0.2) is 0 Å². The van der Waals surface area contributed by atoms with Crippen LogP contribution < -0.4 is 10.1 Å². The van der Waals surface area contributed by atoms with Crippen LogP contribution in [0.3, 0.4) is 0 Å². The van der Waals surface area contributed by atoms with E-state index in [0.29, 0.717) is 0 Å². The number of nitrogens with zero attached hydrogens (tertiary/aromatic N) is 1. The lowest BCUT2D eigenvalue weighted by Gasteiger charge is -2.32. The van der Waals surface area contributed by atoms with Crippen LogP contribution in [0.15, 0.2) is 24.3 Å². The molecule has 3 heteroatoms. The van der Waals surface area contributed by atoms with Crippen LogP contribution in [0.1, 0.15) is 38.7 Å². The average molecular weight is 290 g/mol. The van der Waals surface area contributed by atoms with Crippen molar-refractivity contribution in [2.75, 3.05) is 32.8 Å². The zero-order valence-electron chi connectivity index (χ0n) is 13.6. The van der Waals surface area contributed by atoms with Crippen molar-refractivity contribution in [1.82, 2.24) is 10.2 Å². The predicted molar refractivity (Wildman–Crippen MR) is 88.8 cm³/mol. The van der Waals surface area contributed by atoms with Gasteiger partial charge in [-0.2, -0.15) is 0 Å². The lowest BCUT2D eigenvalue weighted by atomic mass is 9.96. The summed E-state index contributed by atoms with van der Waals surface area (Å²) in [6.45, 7) is 10.9. The van der Waals surface area contributed by atoms with Gasteiger partial charge in [-0.3, -0.25) is 4.90 Å². The van der Waals surface area contributed by atoms with Crippen molar-refractivity contribution in [3.8, 4) is 5.75 Å². The molecule has 1 aromatic carbocycles. The number of piperidine rings is 1. The Bertz CT molecular complexity index is 383. The van der Waals surface area contributed by atoms with Crippen LogP contribution in [0.5, 0.6) is 5.75 Å². The molecule has 1 fully saturated rings. The van der Waals surface area contributed by atoms with Gasteiger partial charge in [-0.15, -0.1) is 0 Å². The first kappa shape index (κ1) is 16.3. The number of benzene rings is 1. The molecule has 1 aliphatic rings. The molecule has 0 aromatic heterocycles. The molecule has 1 heterocycles. The number of nitrogens with one attached hydrogen (secondary N) is 1. The summed E-state index contributed by atoms with van der Waals surface area (Å²) in [7, 11) is 0. The van der Waals surface area contributed by atoms with E-state index < -0.39 is 0 Å². The summed E-state index contributed by atoms with van der Waals surface area (Å²) in [5, 5.41) is 3.47. The number of hydrogen-bond donors (Lipinski definition) is 1. The summed E-state index contributed by atoms with van der Waals surface area (Å²) in [5.41, 5.74) is 1.39. The standard InChI is InChI=1S/C18H30N2O/c1-3-13-21-18-7-5-17(6-8-18)15-20-11-9-16(10-12-20)14-19-4-2/h5-8,16,19H,3-4,9-15H2,1-2H3. The van der Waals surface area contributed by atoms with Gasteiger partial charge in [-0.25, -0.2) is 0 Å². The summed E-state index contributed by atoms with van der Waals surface area (Å²) in [6, 6.07) is 8.61. The van der Waals surface area contributed by atoms with E-state index in [0.717, 1.165) is 37.8 Å². The fourth-order valence-corrected chi connectivity index (χ4v) is 2.87. The highest BCUT2D eigenvalue weighted by atomic mass is 16.5. The number of rotatable bonds is 8. The topological polar surface area (TPSA) is 24.5 Å². The van der Waals surface area contributed by atoms with Crippen molar-refractivity contribution in [1.29, 1.82) is 0 Å². The predicted octanol–water partition coefficient (Wildman–Crippen LogP) is 3.30. The van der Waals surface area contributed by atoms with Gasteiger partial charge in [0.05, 0.1) is 6.61 Å². The molecule has 1 N–H and O–H groups in total. The van der Waals surface area contributed by atoms with E-state index in [4.69, 9.17) is 4.74 Å². The zero-order valence-corrected chi connectivity index (χ0v) is 13.6. The van der Waals surface area contributed by atoms with E-state index in [1.165, 1.54) is 38.0 Å². The van der Waals surface area contributed by atoms with Crippen LogP contribution in [0.25, 0.3) is 0 Å². The molecule has 0 amide bonds. The Hall–Kier alpha value is -1.06. The third-order valence-corrected chi connectivity index (χ3v) is 4.19. The first-order valence-corrected chi connectivity index (χ1v) is 8.46. The van der Waals surface area contributed by atoms with E-state index in [1.807, 2.05) is 0 Å². The molecular formula is C18H30N2O. The molecule has 1 aliphatic heterocycles. The Kier molecular flexibility index (Phi) is 7.04. The fourth-order valence-electron chi connectivity index (χ4n) is 2.87. The van der Waals surface area contributed by atoms with Crippen LogP contribution in [0.4, 0.5) is 0 Å². The van der Waals surface area contributed by atoms with Gasteiger partial charge in [0.2, 0.25) is 0 Å². The molecule has 0 bridgehead atoms. The second kappa shape index (κ2) is 9.06. The maximum Gasteiger partial charge on any atom is 0.119 e. The largest absolute Gasteiger partial charge is 0.494 e. The molecule has 1 aromatic rings. The Morgan fingerprint density at radius 3 is 2.48 bits per heavy atom. The molecule has 21 heavy (non-hydrogen) atoms. The molecule has 0 radical (unpaired) electrons. The molecular weight excluding hydrogens is 260 g/mol. The molecule has 1 saturated heterocycles. The minimum Gasteiger partial charge on any atom is -0.494 e. The third kappa shape index (κ3) is 5.68. The van der Waals surface area contributed by atoms with Crippen LogP contribution in [0, 0.1) is 5.92 Å². The smallest absolute Gasteiger partial charge is 0.119 e. The van der Waals surface area contributed by atoms with Gasteiger partial charge in [0.25, 0.3) is 0 Å². The molecule has 0 atom stereocenters. The Morgan fingerprint density at radius 1 is 1.14 bits per heavy atom. The van der Waals surface area contributed by atoms with Gasteiger partial charge >= 0.3 is 0 Å². The van der Waals surface area contributed by atoms with E-state index in [2.05, 4.69) is 48.3 Å². The van der Waals surface area contributed by atoms with E-state index in [-0.39, 0.29) is 0 Å². The van der Waals surface area contributed by atoms with Crippen molar-refractivity contribution in [2.24, 2.45) is 5.92 Å². The molecule has 3 nitrogen and oxygen atoms in total. The number of ether oxygens (including phenoxy) is 1. The summed E-state index contributed by atoms with van der Waals surface area (Å²) in [6.07, 6.45) is 3.71. The average Bonchev–Trinajstić information content (AvgIpc) is 2.53. The second-order valence-corrected chi connectivity index (χ2v) is 6.02. The normalized spacial score (nSPS) is 17.0. The van der Waals surface area contributed by atoms with Crippen LogP contribution in [-0.4, -0.2) is 37.7 Å². The number of likely N-dealkylation sites (tertiary alicyclic amines) is 1. The van der Waals surface area contributed by atoms with Crippen molar-refractivity contribution in [3.05, 3.63) is 29.8 Å². The zero-order chi connectivity index (χ0) is 14.9. The summed E-state index contributed by atoms with van der Waals surface area (Å²) in [5.74, 6) is 1.86. The Morgan fingerprint density at radius 2 is 1.86 bits per heavy atom. The molecule has 118 valence electrons. The first-order valence-electron chi connectivity index (χ1n) is 8.46. The minimum absolute atomic E-state index is 0.804.